The normalized spacial score (nSPS) is 10.6. The Bertz CT molecular complexity index is 494. The molecule has 1 aromatic heterocycles. The summed E-state index contributed by atoms with van der Waals surface area (Å²) in [5.41, 5.74) is 1.10. The second-order valence-corrected chi connectivity index (χ2v) is 3.35. The maximum atomic E-state index is 10.5. The van der Waals surface area contributed by atoms with Crippen molar-refractivity contribution >= 4 is 28.5 Å². The van der Waals surface area contributed by atoms with Crippen molar-refractivity contribution in [1.29, 1.82) is 0 Å². The Labute approximate surface area is 83.3 Å². The van der Waals surface area contributed by atoms with Crippen molar-refractivity contribution in [2.75, 3.05) is 6.26 Å². The summed E-state index contributed by atoms with van der Waals surface area (Å²) >= 11 is 1.36. The first-order valence-corrected chi connectivity index (χ1v) is 5.02. The van der Waals surface area contributed by atoms with E-state index in [0.29, 0.717) is 16.3 Å². The van der Waals surface area contributed by atoms with Gasteiger partial charge in [-0.3, -0.25) is 10.1 Å². The number of nitrogens with zero attached hydrogens (tertiary/aromatic N) is 2. The lowest BCUT2D eigenvalue weighted by Crippen LogP contribution is -1.86. The molecule has 0 bridgehead atoms. The molecule has 0 N–H and O–H groups in total. The fraction of sp³-hybridized carbons (Fsp3) is 0.125. The van der Waals surface area contributed by atoms with Crippen LogP contribution in [0.3, 0.4) is 0 Å². The van der Waals surface area contributed by atoms with Gasteiger partial charge in [-0.15, -0.1) is 0 Å². The van der Waals surface area contributed by atoms with Crippen LogP contribution in [0.2, 0.25) is 0 Å². The molecule has 1 aromatic carbocycles. The van der Waals surface area contributed by atoms with E-state index < -0.39 is 4.92 Å². The molecule has 2 rings (SSSR count). The minimum absolute atomic E-state index is 0.0151. The van der Waals surface area contributed by atoms with E-state index in [-0.39, 0.29) is 5.69 Å². The van der Waals surface area contributed by atoms with Crippen LogP contribution in [0.25, 0.3) is 11.1 Å². The van der Waals surface area contributed by atoms with E-state index in [1.54, 1.807) is 6.07 Å². The first-order chi connectivity index (χ1) is 6.70. The molecule has 0 saturated carbocycles. The average Bonchev–Trinajstić information content (AvgIpc) is 2.58. The van der Waals surface area contributed by atoms with Gasteiger partial charge in [-0.25, -0.2) is 4.98 Å². The highest BCUT2D eigenvalue weighted by Crippen LogP contribution is 2.24. The molecule has 0 radical (unpaired) electrons. The zero-order valence-corrected chi connectivity index (χ0v) is 8.08. The first-order valence-electron chi connectivity index (χ1n) is 3.79. The van der Waals surface area contributed by atoms with Crippen molar-refractivity contribution in [2.24, 2.45) is 0 Å². The molecular formula is C8H6N2O3S. The topological polar surface area (TPSA) is 69.2 Å². The van der Waals surface area contributed by atoms with Crippen molar-refractivity contribution in [1.82, 2.24) is 4.98 Å². The number of nitro benzene ring substituents is 1. The summed E-state index contributed by atoms with van der Waals surface area (Å²) in [5.74, 6) is 0. The van der Waals surface area contributed by atoms with Gasteiger partial charge in [0, 0.05) is 6.07 Å². The summed E-state index contributed by atoms with van der Waals surface area (Å²) in [6, 6.07) is 4.37. The van der Waals surface area contributed by atoms with Gasteiger partial charge in [-0.2, -0.15) is 0 Å². The Balaban J connectivity index is 2.59. The van der Waals surface area contributed by atoms with Gasteiger partial charge in [0.2, 0.25) is 0 Å². The number of benzene rings is 1. The van der Waals surface area contributed by atoms with Crippen molar-refractivity contribution in [3.05, 3.63) is 28.3 Å². The summed E-state index contributed by atoms with van der Waals surface area (Å²) < 4.78 is 5.26. The van der Waals surface area contributed by atoms with Crippen LogP contribution < -0.4 is 0 Å². The maximum Gasteiger partial charge on any atom is 0.273 e. The summed E-state index contributed by atoms with van der Waals surface area (Å²) in [7, 11) is 0. The van der Waals surface area contributed by atoms with Crippen LogP contribution in [-0.2, 0) is 0 Å². The molecule has 0 unspecified atom stereocenters. The molecule has 6 heteroatoms. The average molecular weight is 210 g/mol. The Kier molecular flexibility index (Phi) is 2.12. The van der Waals surface area contributed by atoms with Crippen LogP contribution >= 0.6 is 11.8 Å². The van der Waals surface area contributed by atoms with Gasteiger partial charge in [-0.05, 0) is 12.3 Å². The second kappa shape index (κ2) is 3.30. The predicted octanol–water partition coefficient (Wildman–Crippen LogP) is 2.46. The van der Waals surface area contributed by atoms with Crippen molar-refractivity contribution < 1.29 is 9.34 Å². The van der Waals surface area contributed by atoms with E-state index in [1.165, 1.54) is 23.9 Å². The maximum absolute atomic E-state index is 10.5. The van der Waals surface area contributed by atoms with Gasteiger partial charge in [0.15, 0.2) is 5.58 Å². The quantitative estimate of drug-likeness (QED) is 0.432. The molecule has 5 nitrogen and oxygen atoms in total. The van der Waals surface area contributed by atoms with Crippen molar-refractivity contribution in [3.8, 4) is 0 Å². The molecule has 0 spiro atoms. The van der Waals surface area contributed by atoms with E-state index in [0.717, 1.165) is 0 Å². The van der Waals surface area contributed by atoms with Gasteiger partial charge in [0.05, 0.1) is 11.0 Å². The number of hydrogen-bond acceptors (Lipinski definition) is 5. The molecule has 0 saturated heterocycles. The molecular weight excluding hydrogens is 204 g/mol. The fourth-order valence-corrected chi connectivity index (χ4v) is 1.46. The van der Waals surface area contributed by atoms with Crippen LogP contribution in [0.4, 0.5) is 5.69 Å². The predicted molar refractivity (Wildman–Crippen MR) is 52.4 cm³/mol. The van der Waals surface area contributed by atoms with Crippen LogP contribution in [0.15, 0.2) is 27.8 Å². The molecule has 1 heterocycles. The lowest BCUT2D eigenvalue weighted by molar-refractivity contribution is -0.384. The number of hydrogen-bond donors (Lipinski definition) is 0. The van der Waals surface area contributed by atoms with Crippen molar-refractivity contribution in [3.63, 3.8) is 0 Å². The second-order valence-electron chi connectivity index (χ2n) is 2.59. The van der Waals surface area contributed by atoms with Gasteiger partial charge >= 0.3 is 0 Å². The number of fused-ring (bicyclic) bond motifs is 1. The largest absolute Gasteiger partial charge is 0.431 e. The third-order valence-electron chi connectivity index (χ3n) is 1.74. The highest BCUT2D eigenvalue weighted by Gasteiger charge is 2.10. The Hall–Kier alpha value is -1.56. The van der Waals surface area contributed by atoms with Gasteiger partial charge in [-0.1, -0.05) is 11.8 Å². The van der Waals surface area contributed by atoms with Crippen LogP contribution in [0.5, 0.6) is 0 Å². The summed E-state index contributed by atoms with van der Waals surface area (Å²) in [4.78, 5) is 14.1. The minimum atomic E-state index is -0.458. The Morgan fingerprint density at radius 2 is 2.36 bits per heavy atom. The number of non-ortho nitro benzene ring substituents is 1. The summed E-state index contributed by atoms with van der Waals surface area (Å²) in [6.07, 6.45) is 1.83. The molecule has 72 valence electrons. The smallest absolute Gasteiger partial charge is 0.273 e. The van der Waals surface area contributed by atoms with Gasteiger partial charge in [0.25, 0.3) is 10.9 Å². The van der Waals surface area contributed by atoms with Crippen LogP contribution in [0.1, 0.15) is 0 Å². The van der Waals surface area contributed by atoms with Crippen LogP contribution in [0, 0.1) is 10.1 Å². The molecule has 2 aromatic rings. The Morgan fingerprint density at radius 3 is 3.00 bits per heavy atom. The lowest BCUT2D eigenvalue weighted by Gasteiger charge is -1.88. The van der Waals surface area contributed by atoms with E-state index >= 15 is 0 Å². The number of nitro groups is 1. The fourth-order valence-electron chi connectivity index (χ4n) is 1.09. The molecule has 14 heavy (non-hydrogen) atoms. The standard InChI is InChI=1S/C8H6N2O3S/c1-14-8-9-6-3-2-5(10(11)12)4-7(6)13-8/h2-4H,1H3. The molecule has 0 aliphatic heterocycles. The van der Waals surface area contributed by atoms with E-state index in [9.17, 15) is 10.1 Å². The van der Waals surface area contributed by atoms with Gasteiger partial charge in [0.1, 0.15) is 5.52 Å². The third kappa shape index (κ3) is 1.44. The highest BCUT2D eigenvalue weighted by molar-refractivity contribution is 7.98. The van der Waals surface area contributed by atoms with Crippen molar-refractivity contribution in [2.45, 2.75) is 5.22 Å². The molecule has 0 amide bonds. The first kappa shape index (κ1) is 9.01. The third-order valence-corrected chi connectivity index (χ3v) is 2.26. The summed E-state index contributed by atoms with van der Waals surface area (Å²) in [6.45, 7) is 0. The molecule has 0 aliphatic rings. The monoisotopic (exact) mass is 210 g/mol. The molecule has 0 atom stereocenters. The number of thioether (sulfide) groups is 1. The van der Waals surface area contributed by atoms with E-state index in [4.69, 9.17) is 4.42 Å². The zero-order chi connectivity index (χ0) is 10.1. The number of oxazole rings is 1. The van der Waals surface area contributed by atoms with Gasteiger partial charge < -0.3 is 4.42 Å². The minimum Gasteiger partial charge on any atom is -0.431 e. The molecule has 0 aliphatic carbocycles. The zero-order valence-electron chi connectivity index (χ0n) is 7.26. The number of rotatable bonds is 2. The highest BCUT2D eigenvalue weighted by atomic mass is 32.2. The van der Waals surface area contributed by atoms with Crippen LogP contribution in [-0.4, -0.2) is 16.2 Å². The molecule has 0 fully saturated rings. The lowest BCUT2D eigenvalue weighted by atomic mass is 10.3. The van der Waals surface area contributed by atoms with E-state index in [2.05, 4.69) is 4.98 Å². The van der Waals surface area contributed by atoms with E-state index in [1.807, 2.05) is 6.26 Å². The summed E-state index contributed by atoms with van der Waals surface area (Å²) in [5, 5.41) is 11.0. The SMILES string of the molecule is CSc1nc2ccc([N+](=O)[O-])cc2o1. The Morgan fingerprint density at radius 1 is 1.57 bits per heavy atom. The number of aromatic nitrogens is 1.